The van der Waals surface area contributed by atoms with Gasteiger partial charge in [-0.2, -0.15) is 4.98 Å². The van der Waals surface area contributed by atoms with Gasteiger partial charge in [-0.1, -0.05) is 5.82 Å². The molecule has 0 radical (unpaired) electrons. The van der Waals surface area contributed by atoms with Crippen LogP contribution in [0.2, 0.25) is 0 Å². The molecule has 1 aromatic heterocycles. The first kappa shape index (κ1) is 20.6. The smallest absolute Gasteiger partial charge is 0.768 e. The Morgan fingerprint density at radius 2 is 1.77 bits per heavy atom. The van der Waals surface area contributed by atoms with E-state index in [1.807, 2.05) is 0 Å². The number of methoxy groups -OCH3 is 2. The molecule has 2 rings (SSSR count). The molecule has 1 aromatic carbocycles. The molecule has 0 amide bonds. The minimum absolute atomic E-state index is 0. The van der Waals surface area contributed by atoms with Gasteiger partial charge in [0.15, 0.2) is 0 Å². The second kappa shape index (κ2) is 10.4. The van der Waals surface area contributed by atoms with Gasteiger partial charge < -0.3 is 30.5 Å². The molecule has 22 heavy (non-hydrogen) atoms. The number of nitrogens with one attached hydrogen (secondary N) is 1. The average molecular weight is 333 g/mol. The Hall–Kier alpha value is -1.39. The van der Waals surface area contributed by atoms with Crippen LogP contribution in [-0.4, -0.2) is 32.9 Å². The van der Waals surface area contributed by atoms with Gasteiger partial charge in [0.05, 0.1) is 14.2 Å². The third-order valence-electron chi connectivity index (χ3n) is 2.15. The van der Waals surface area contributed by atoms with E-state index in [0.29, 0.717) is 11.6 Å². The van der Waals surface area contributed by atoms with E-state index in [2.05, 4.69) is 9.97 Å². The van der Waals surface area contributed by atoms with Crippen LogP contribution < -0.4 is 44.8 Å². The standard InChI is InChI=1S/C6H8N3O2.C6H7NO2S.Na/c1-10-5-3-4(7)8-6(9-5)11-2;7-5-1-3-6(4-2-5)10(8)9;/h3H,1-2H3,(H-,7,8,9);1-4H,7H2,(H,8,9);/q-1;;+1/p-1. The summed E-state index contributed by atoms with van der Waals surface area (Å²) in [6.07, 6.45) is 0. The van der Waals surface area contributed by atoms with E-state index in [-0.39, 0.29) is 46.3 Å². The molecule has 0 bridgehead atoms. The predicted octanol–water partition coefficient (Wildman–Crippen LogP) is -1.31. The molecule has 0 spiro atoms. The van der Waals surface area contributed by atoms with E-state index in [0.717, 1.165) is 0 Å². The van der Waals surface area contributed by atoms with Crippen LogP contribution in [-0.2, 0) is 11.1 Å². The summed E-state index contributed by atoms with van der Waals surface area (Å²) in [5, 5.41) is 0. The Morgan fingerprint density at radius 1 is 1.18 bits per heavy atom. The minimum Gasteiger partial charge on any atom is -0.768 e. The van der Waals surface area contributed by atoms with E-state index in [9.17, 15) is 8.76 Å². The van der Waals surface area contributed by atoms with Crippen LogP contribution in [0.15, 0.2) is 35.2 Å². The van der Waals surface area contributed by atoms with Crippen LogP contribution >= 0.6 is 0 Å². The van der Waals surface area contributed by atoms with E-state index >= 15 is 0 Å². The fourth-order valence-electron chi connectivity index (χ4n) is 1.18. The summed E-state index contributed by atoms with van der Waals surface area (Å²) >= 11 is -2.14. The minimum atomic E-state index is -2.14. The summed E-state index contributed by atoms with van der Waals surface area (Å²) in [5.41, 5.74) is 13.1. The molecule has 0 saturated heterocycles. The number of ether oxygens (including phenoxy) is 2. The van der Waals surface area contributed by atoms with Crippen LogP contribution in [0.1, 0.15) is 0 Å². The predicted molar refractivity (Wildman–Crippen MR) is 77.2 cm³/mol. The van der Waals surface area contributed by atoms with Crippen molar-refractivity contribution in [3.63, 3.8) is 0 Å². The van der Waals surface area contributed by atoms with Gasteiger partial charge in [0, 0.05) is 10.6 Å². The zero-order valence-corrected chi connectivity index (χ0v) is 15.2. The third kappa shape index (κ3) is 7.05. The number of benzene rings is 1. The van der Waals surface area contributed by atoms with Crippen molar-refractivity contribution in [3.8, 4) is 11.9 Å². The summed E-state index contributed by atoms with van der Waals surface area (Å²) < 4.78 is 30.0. The molecule has 1 unspecified atom stereocenters. The number of rotatable bonds is 3. The van der Waals surface area contributed by atoms with Crippen molar-refractivity contribution in [2.24, 2.45) is 0 Å². The van der Waals surface area contributed by atoms with Gasteiger partial charge in [0.1, 0.15) is 0 Å². The first-order valence-electron chi connectivity index (χ1n) is 5.59. The topological polar surface area (TPSA) is 134 Å². The molecule has 1 atom stereocenters. The van der Waals surface area contributed by atoms with Gasteiger partial charge in [-0.05, 0) is 41.4 Å². The number of aromatic nitrogens is 2. The van der Waals surface area contributed by atoms with Gasteiger partial charge in [-0.15, -0.1) is 0 Å². The van der Waals surface area contributed by atoms with E-state index in [1.165, 1.54) is 32.4 Å². The number of nitrogen functional groups attached to an aromatic ring is 1. The van der Waals surface area contributed by atoms with Crippen LogP contribution in [0, 0.1) is 0 Å². The number of anilines is 1. The maximum atomic E-state index is 10.3. The first-order valence-corrected chi connectivity index (χ1v) is 6.67. The van der Waals surface area contributed by atoms with E-state index < -0.39 is 11.1 Å². The normalized spacial score (nSPS) is 10.5. The average Bonchev–Trinajstić information content (AvgIpc) is 2.47. The van der Waals surface area contributed by atoms with Gasteiger partial charge >= 0.3 is 29.6 Å². The molecule has 0 fully saturated rings. The molecule has 0 saturated carbocycles. The largest absolute Gasteiger partial charge is 1.00 e. The molecule has 0 aliphatic carbocycles. The second-order valence-electron chi connectivity index (χ2n) is 3.59. The van der Waals surface area contributed by atoms with Gasteiger partial charge in [0.2, 0.25) is 11.9 Å². The third-order valence-corrected chi connectivity index (χ3v) is 2.80. The summed E-state index contributed by atoms with van der Waals surface area (Å²) in [5.74, 6) is 0.413. The molecule has 0 aliphatic heterocycles. The number of hydrogen-bond donors (Lipinski definition) is 1. The van der Waals surface area contributed by atoms with Crippen molar-refractivity contribution in [2.75, 3.05) is 20.0 Å². The van der Waals surface area contributed by atoms with Crippen molar-refractivity contribution >= 4 is 22.6 Å². The second-order valence-corrected chi connectivity index (χ2v) is 4.53. The fraction of sp³-hybridized carbons (Fsp3) is 0.167. The van der Waals surface area contributed by atoms with Crippen LogP contribution in [0.3, 0.4) is 0 Å². The van der Waals surface area contributed by atoms with E-state index in [4.69, 9.17) is 20.9 Å². The fourth-order valence-corrected chi connectivity index (χ4v) is 1.54. The zero-order valence-electron chi connectivity index (χ0n) is 12.4. The molecule has 8 nitrogen and oxygen atoms in total. The van der Waals surface area contributed by atoms with Crippen LogP contribution in [0.4, 0.5) is 11.5 Å². The van der Waals surface area contributed by atoms with Crippen molar-refractivity contribution in [1.29, 1.82) is 0 Å². The number of hydrogen-bond acceptors (Lipinski definition) is 7. The van der Waals surface area contributed by atoms with Gasteiger partial charge in [-0.3, -0.25) is 4.21 Å². The molecule has 114 valence electrons. The Kier molecular flexibility index (Phi) is 9.70. The Bertz CT molecular complexity index is 590. The molecule has 0 aliphatic rings. The molecule has 3 N–H and O–H groups in total. The summed E-state index contributed by atoms with van der Waals surface area (Å²) in [6.45, 7) is 0. The van der Waals surface area contributed by atoms with Crippen LogP contribution in [0.25, 0.3) is 5.73 Å². The molecule has 1 heterocycles. The van der Waals surface area contributed by atoms with Crippen LogP contribution in [0.5, 0.6) is 11.9 Å². The monoisotopic (exact) mass is 333 g/mol. The summed E-state index contributed by atoms with van der Waals surface area (Å²) in [7, 11) is 2.91. The maximum Gasteiger partial charge on any atom is 1.00 e. The maximum absolute atomic E-state index is 10.3. The number of nitrogens with two attached hydrogens (primary N) is 1. The summed E-state index contributed by atoms with van der Waals surface area (Å²) in [4.78, 5) is 7.71. The Morgan fingerprint density at radius 3 is 2.23 bits per heavy atom. The van der Waals surface area contributed by atoms with Crippen molar-refractivity contribution in [3.05, 3.63) is 36.1 Å². The van der Waals surface area contributed by atoms with Gasteiger partial charge in [-0.25, -0.2) is 0 Å². The molecular formula is C12H14N4NaO4S-. The molecule has 2 aromatic rings. The quantitative estimate of drug-likeness (QED) is 0.418. The number of nitrogens with zero attached hydrogens (tertiary/aromatic N) is 2. The van der Waals surface area contributed by atoms with E-state index in [1.54, 1.807) is 12.1 Å². The zero-order chi connectivity index (χ0) is 15.8. The Balaban J connectivity index is 0.000000385. The van der Waals surface area contributed by atoms with Crippen molar-refractivity contribution < 1.29 is 47.8 Å². The summed E-state index contributed by atoms with van der Waals surface area (Å²) in [6, 6.07) is 7.56. The van der Waals surface area contributed by atoms with Crippen molar-refractivity contribution in [2.45, 2.75) is 4.90 Å². The first-order chi connectivity index (χ1) is 9.96. The SMILES string of the molecule is COc1cc([NH-])nc(OC)n1.Nc1ccc(S(=O)[O-])cc1.[Na+]. The van der Waals surface area contributed by atoms with Crippen molar-refractivity contribution in [1.82, 2.24) is 9.97 Å². The van der Waals surface area contributed by atoms with Gasteiger partial charge in [0.25, 0.3) is 0 Å². The Labute approximate surface area is 152 Å². The molecular weight excluding hydrogens is 319 g/mol. The molecule has 10 heteroatoms.